The summed E-state index contributed by atoms with van der Waals surface area (Å²) < 4.78 is 21.3. The Morgan fingerprint density at radius 2 is 2.03 bits per heavy atom. The number of imidazole rings is 1. The molecule has 0 spiro atoms. The Labute approximate surface area is 193 Å². The van der Waals surface area contributed by atoms with Gasteiger partial charge in [-0.3, -0.25) is 4.79 Å². The van der Waals surface area contributed by atoms with Gasteiger partial charge in [-0.15, -0.1) is 0 Å². The normalized spacial score (nSPS) is 21.8. The number of nitrogens with one attached hydrogen (secondary N) is 1. The molecule has 2 saturated heterocycles. The highest BCUT2D eigenvalue weighted by Gasteiger charge is 2.33. The van der Waals surface area contributed by atoms with Crippen LogP contribution in [-0.4, -0.2) is 58.7 Å². The lowest BCUT2D eigenvalue weighted by molar-refractivity contribution is -0.00749. The summed E-state index contributed by atoms with van der Waals surface area (Å²) in [6, 6.07) is 14.6. The minimum absolute atomic E-state index is 0.00774. The molecule has 1 amide bonds. The number of halogens is 1. The molecule has 0 aliphatic carbocycles. The number of rotatable bonds is 4. The Morgan fingerprint density at radius 3 is 2.88 bits per heavy atom. The van der Waals surface area contributed by atoms with Crippen LogP contribution in [0.2, 0.25) is 0 Å². The fraction of sp³-hybridized carbons (Fsp3) is 0.385. The third kappa shape index (κ3) is 4.43. The average molecular weight is 449 g/mol. The summed E-state index contributed by atoms with van der Waals surface area (Å²) in [6.07, 6.45) is 5.44. The van der Waals surface area contributed by atoms with Gasteiger partial charge in [0.1, 0.15) is 11.5 Å². The SMILES string of the molecule is C[C@@H](c1ccccc1-c1ccc(F)cc1)n1cncc1C(=O)N1CCC[C@@H]2OCCN[C@H]2C1. The van der Waals surface area contributed by atoms with E-state index in [2.05, 4.69) is 23.3 Å². The number of hydrogen-bond donors (Lipinski definition) is 1. The van der Waals surface area contributed by atoms with Gasteiger partial charge in [-0.2, -0.15) is 0 Å². The number of likely N-dealkylation sites (tertiary alicyclic amines) is 1. The molecule has 3 heterocycles. The summed E-state index contributed by atoms with van der Waals surface area (Å²) in [6.45, 7) is 4.96. The second-order valence-corrected chi connectivity index (χ2v) is 8.82. The van der Waals surface area contributed by atoms with Crippen molar-refractivity contribution < 1.29 is 13.9 Å². The molecular formula is C26H29FN4O2. The van der Waals surface area contributed by atoms with Gasteiger partial charge >= 0.3 is 0 Å². The van der Waals surface area contributed by atoms with Crippen molar-refractivity contribution in [2.24, 2.45) is 0 Å². The monoisotopic (exact) mass is 448 g/mol. The zero-order valence-electron chi connectivity index (χ0n) is 18.8. The molecule has 2 fully saturated rings. The number of nitrogens with zero attached hydrogens (tertiary/aromatic N) is 3. The molecule has 6 nitrogen and oxygen atoms in total. The Hall–Kier alpha value is -3.03. The zero-order chi connectivity index (χ0) is 22.8. The average Bonchev–Trinajstić information content (AvgIpc) is 3.23. The number of benzene rings is 2. The third-order valence-electron chi connectivity index (χ3n) is 6.78. The van der Waals surface area contributed by atoms with Gasteiger partial charge in [-0.05, 0) is 48.6 Å². The maximum Gasteiger partial charge on any atom is 0.272 e. The first kappa shape index (κ1) is 21.8. The van der Waals surface area contributed by atoms with Crippen LogP contribution in [0, 0.1) is 5.82 Å². The van der Waals surface area contributed by atoms with Crippen LogP contribution >= 0.6 is 0 Å². The number of morpholine rings is 1. The summed E-state index contributed by atoms with van der Waals surface area (Å²) in [5.41, 5.74) is 3.58. The molecule has 0 saturated carbocycles. The Kier molecular flexibility index (Phi) is 6.24. The minimum atomic E-state index is -0.260. The van der Waals surface area contributed by atoms with E-state index in [-0.39, 0.29) is 29.9 Å². The van der Waals surface area contributed by atoms with Gasteiger partial charge in [0.25, 0.3) is 5.91 Å². The number of carbonyl (C=O) groups excluding carboxylic acids is 1. The summed E-state index contributed by atoms with van der Waals surface area (Å²) >= 11 is 0. The molecule has 2 aliphatic rings. The molecule has 1 N–H and O–H groups in total. The molecule has 7 heteroatoms. The second-order valence-electron chi connectivity index (χ2n) is 8.82. The van der Waals surface area contributed by atoms with E-state index in [0.29, 0.717) is 18.8 Å². The van der Waals surface area contributed by atoms with Crippen molar-refractivity contribution in [1.82, 2.24) is 19.8 Å². The van der Waals surface area contributed by atoms with E-state index in [9.17, 15) is 9.18 Å². The molecule has 3 atom stereocenters. The lowest BCUT2D eigenvalue weighted by Crippen LogP contribution is -2.53. The Balaban J connectivity index is 1.42. The highest BCUT2D eigenvalue weighted by atomic mass is 19.1. The van der Waals surface area contributed by atoms with Gasteiger partial charge in [-0.1, -0.05) is 36.4 Å². The molecule has 1 aromatic heterocycles. The first-order chi connectivity index (χ1) is 16.1. The topological polar surface area (TPSA) is 59.4 Å². The van der Waals surface area contributed by atoms with Gasteiger partial charge in [0, 0.05) is 19.6 Å². The van der Waals surface area contributed by atoms with E-state index >= 15 is 0 Å². The van der Waals surface area contributed by atoms with Gasteiger partial charge in [0.2, 0.25) is 0 Å². The number of fused-ring (bicyclic) bond motifs is 1. The van der Waals surface area contributed by atoms with Crippen molar-refractivity contribution in [2.75, 3.05) is 26.2 Å². The van der Waals surface area contributed by atoms with Crippen LogP contribution in [0.4, 0.5) is 4.39 Å². The Morgan fingerprint density at radius 1 is 1.21 bits per heavy atom. The molecule has 0 radical (unpaired) electrons. The predicted octanol–water partition coefficient (Wildman–Crippen LogP) is 3.89. The van der Waals surface area contributed by atoms with Gasteiger partial charge < -0.3 is 19.5 Å². The van der Waals surface area contributed by atoms with Crippen LogP contribution in [0.25, 0.3) is 11.1 Å². The molecule has 172 valence electrons. The van der Waals surface area contributed by atoms with Crippen LogP contribution in [0.5, 0.6) is 0 Å². The van der Waals surface area contributed by atoms with Gasteiger partial charge in [0.05, 0.1) is 37.3 Å². The lowest BCUT2D eigenvalue weighted by atomic mass is 9.95. The molecule has 0 bridgehead atoms. The zero-order valence-corrected chi connectivity index (χ0v) is 18.8. The Bertz CT molecular complexity index is 1110. The van der Waals surface area contributed by atoms with Gasteiger partial charge in [0.15, 0.2) is 0 Å². The summed E-state index contributed by atoms with van der Waals surface area (Å²) in [5.74, 6) is -0.268. The van der Waals surface area contributed by atoms with Crippen LogP contribution in [0.15, 0.2) is 61.1 Å². The number of hydrogen-bond acceptors (Lipinski definition) is 4. The fourth-order valence-electron chi connectivity index (χ4n) is 5.01. The highest BCUT2D eigenvalue weighted by molar-refractivity contribution is 5.92. The van der Waals surface area contributed by atoms with Crippen LogP contribution in [-0.2, 0) is 4.74 Å². The molecular weight excluding hydrogens is 419 g/mol. The number of aromatic nitrogens is 2. The largest absolute Gasteiger partial charge is 0.375 e. The van der Waals surface area contributed by atoms with Crippen molar-refractivity contribution in [2.45, 2.75) is 38.0 Å². The van der Waals surface area contributed by atoms with Crippen LogP contribution < -0.4 is 5.32 Å². The summed E-state index contributed by atoms with van der Waals surface area (Å²) in [5, 5.41) is 3.52. The van der Waals surface area contributed by atoms with E-state index in [1.807, 2.05) is 27.7 Å². The maximum absolute atomic E-state index is 13.6. The van der Waals surface area contributed by atoms with E-state index in [0.717, 1.165) is 42.7 Å². The molecule has 0 unspecified atom stereocenters. The summed E-state index contributed by atoms with van der Waals surface area (Å²) in [4.78, 5) is 19.9. The first-order valence-electron chi connectivity index (χ1n) is 11.6. The fourth-order valence-corrected chi connectivity index (χ4v) is 5.01. The highest BCUT2D eigenvalue weighted by Crippen LogP contribution is 2.31. The quantitative estimate of drug-likeness (QED) is 0.658. The number of ether oxygens (including phenoxy) is 1. The van der Waals surface area contributed by atoms with Crippen molar-refractivity contribution in [3.8, 4) is 11.1 Å². The van der Waals surface area contributed by atoms with Crippen molar-refractivity contribution in [3.05, 3.63) is 78.1 Å². The second kappa shape index (κ2) is 9.45. The third-order valence-corrected chi connectivity index (χ3v) is 6.78. The van der Waals surface area contributed by atoms with Crippen molar-refractivity contribution >= 4 is 5.91 Å². The number of amides is 1. The first-order valence-corrected chi connectivity index (χ1v) is 11.6. The van der Waals surface area contributed by atoms with Crippen molar-refractivity contribution in [1.29, 1.82) is 0 Å². The number of carbonyl (C=O) groups is 1. The van der Waals surface area contributed by atoms with Crippen molar-refractivity contribution in [3.63, 3.8) is 0 Å². The molecule has 2 aromatic carbocycles. The molecule has 5 rings (SSSR count). The molecule has 33 heavy (non-hydrogen) atoms. The van der Waals surface area contributed by atoms with Crippen LogP contribution in [0.3, 0.4) is 0 Å². The lowest BCUT2D eigenvalue weighted by Gasteiger charge is -2.33. The maximum atomic E-state index is 13.6. The molecule has 2 aliphatic heterocycles. The predicted molar refractivity (Wildman–Crippen MR) is 125 cm³/mol. The van der Waals surface area contributed by atoms with Gasteiger partial charge in [-0.25, -0.2) is 9.37 Å². The molecule has 3 aromatic rings. The summed E-state index contributed by atoms with van der Waals surface area (Å²) in [7, 11) is 0. The van der Waals surface area contributed by atoms with Crippen LogP contribution in [0.1, 0.15) is 41.9 Å². The standard InChI is InChI=1S/C26H29FN4O2/c1-18(21-5-2-3-6-22(21)19-8-10-20(27)11-9-19)31-17-28-15-24(31)26(32)30-13-4-7-25-23(16-30)29-12-14-33-25/h2-3,5-6,8-11,15,17-18,23,25,29H,4,7,12-14,16H2,1H3/t18-,23-,25-/m0/s1. The smallest absolute Gasteiger partial charge is 0.272 e. The van der Waals surface area contributed by atoms with E-state index in [4.69, 9.17) is 4.74 Å². The minimum Gasteiger partial charge on any atom is -0.375 e. The van der Waals surface area contributed by atoms with E-state index in [1.165, 1.54) is 12.1 Å². The van der Waals surface area contributed by atoms with E-state index < -0.39 is 0 Å². The van der Waals surface area contributed by atoms with E-state index in [1.54, 1.807) is 24.7 Å².